The van der Waals surface area contributed by atoms with Crippen molar-refractivity contribution in [3.63, 3.8) is 0 Å². The molecule has 100 valence electrons. The third-order valence-corrected chi connectivity index (χ3v) is 2.49. The lowest BCUT2D eigenvalue weighted by Gasteiger charge is -1.99. The van der Waals surface area contributed by atoms with Crippen LogP contribution < -0.4 is 11.5 Å². The molecule has 2 aromatic rings. The molecule has 1 aromatic carbocycles. The van der Waals surface area contributed by atoms with E-state index in [4.69, 9.17) is 10.6 Å². The molecule has 0 aliphatic heterocycles. The lowest BCUT2D eigenvalue weighted by Crippen LogP contribution is -2.32. The highest BCUT2D eigenvalue weighted by atomic mass is 16.5. The highest BCUT2D eigenvalue weighted by molar-refractivity contribution is 5.69. The fourth-order valence-electron chi connectivity index (χ4n) is 1.64. The summed E-state index contributed by atoms with van der Waals surface area (Å²) < 4.78 is 6.66. The van der Waals surface area contributed by atoms with Crippen LogP contribution in [-0.2, 0) is 16.1 Å². The number of esters is 1. The van der Waals surface area contributed by atoms with E-state index in [-0.39, 0.29) is 13.2 Å². The van der Waals surface area contributed by atoms with Gasteiger partial charge in [-0.25, -0.2) is 4.79 Å². The number of carbonyl (C=O) groups excluding carboxylic acids is 1. The largest absolute Gasteiger partial charge is 0.465 e. The summed E-state index contributed by atoms with van der Waals surface area (Å²) in [7, 11) is 0. The van der Waals surface area contributed by atoms with Crippen LogP contribution in [0.1, 0.15) is 6.92 Å². The van der Waals surface area contributed by atoms with Gasteiger partial charge >= 0.3 is 11.7 Å². The molecular formula is C12H14N4O3. The molecule has 19 heavy (non-hydrogen) atoms. The Hall–Kier alpha value is -2.57. The van der Waals surface area contributed by atoms with Crippen molar-refractivity contribution in [2.45, 2.75) is 13.5 Å². The maximum atomic E-state index is 11.8. The first-order valence-corrected chi connectivity index (χ1v) is 5.79. The van der Waals surface area contributed by atoms with Crippen molar-refractivity contribution in [1.29, 1.82) is 0 Å². The molecule has 2 N–H and O–H groups in total. The molecule has 0 unspecified atom stereocenters. The Labute approximate surface area is 109 Å². The summed E-state index contributed by atoms with van der Waals surface area (Å²) in [5.74, 6) is 5.43. The van der Waals surface area contributed by atoms with E-state index in [9.17, 15) is 9.59 Å². The van der Waals surface area contributed by atoms with E-state index in [0.29, 0.717) is 11.4 Å². The maximum absolute atomic E-state index is 11.8. The van der Waals surface area contributed by atoms with E-state index in [2.05, 4.69) is 5.10 Å². The predicted octanol–water partition coefficient (Wildman–Crippen LogP) is -0.0113. The minimum absolute atomic E-state index is 0.252. The maximum Gasteiger partial charge on any atom is 0.365 e. The van der Waals surface area contributed by atoms with E-state index < -0.39 is 11.7 Å². The van der Waals surface area contributed by atoms with Gasteiger partial charge in [0.2, 0.25) is 0 Å². The number of rotatable bonds is 4. The fourth-order valence-corrected chi connectivity index (χ4v) is 1.64. The Morgan fingerprint density at radius 2 is 2.05 bits per heavy atom. The Balaban J connectivity index is 2.34. The number of nitrogens with zero attached hydrogens (tertiary/aromatic N) is 3. The average molecular weight is 262 g/mol. The molecule has 0 radical (unpaired) electrons. The monoisotopic (exact) mass is 262 g/mol. The van der Waals surface area contributed by atoms with E-state index in [1.54, 1.807) is 19.1 Å². The van der Waals surface area contributed by atoms with Crippen molar-refractivity contribution in [3.05, 3.63) is 40.8 Å². The molecule has 0 aliphatic rings. The van der Waals surface area contributed by atoms with Crippen molar-refractivity contribution in [2.75, 3.05) is 12.4 Å². The number of nitrogen functional groups attached to an aromatic ring is 1. The number of nitrogens with two attached hydrogens (primary N) is 1. The smallest absolute Gasteiger partial charge is 0.365 e. The number of carbonyl (C=O) groups is 1. The van der Waals surface area contributed by atoms with Gasteiger partial charge in [-0.05, 0) is 6.92 Å². The lowest BCUT2D eigenvalue weighted by molar-refractivity contribution is -0.144. The average Bonchev–Trinajstić information content (AvgIpc) is 2.68. The Morgan fingerprint density at radius 1 is 1.37 bits per heavy atom. The van der Waals surface area contributed by atoms with E-state index in [0.717, 1.165) is 9.36 Å². The van der Waals surface area contributed by atoms with Crippen LogP contribution in [0.4, 0.5) is 0 Å². The van der Waals surface area contributed by atoms with Crippen LogP contribution in [0.25, 0.3) is 11.4 Å². The number of benzene rings is 1. The summed E-state index contributed by atoms with van der Waals surface area (Å²) in [6.07, 6.45) is 0. The third kappa shape index (κ3) is 2.65. The highest BCUT2D eigenvalue weighted by Crippen LogP contribution is 2.12. The quantitative estimate of drug-likeness (QED) is 0.618. The van der Waals surface area contributed by atoms with Gasteiger partial charge in [0.25, 0.3) is 0 Å². The van der Waals surface area contributed by atoms with Crippen LogP contribution in [0.5, 0.6) is 0 Å². The van der Waals surface area contributed by atoms with Gasteiger partial charge in [0.05, 0.1) is 6.61 Å². The molecular weight excluding hydrogens is 248 g/mol. The first-order chi connectivity index (χ1) is 9.13. The van der Waals surface area contributed by atoms with Crippen molar-refractivity contribution < 1.29 is 9.53 Å². The normalized spacial score (nSPS) is 10.4. The molecule has 0 saturated heterocycles. The second-order valence-corrected chi connectivity index (χ2v) is 3.80. The topological polar surface area (TPSA) is 92.1 Å². The van der Waals surface area contributed by atoms with Crippen LogP contribution in [-0.4, -0.2) is 27.0 Å². The van der Waals surface area contributed by atoms with Gasteiger partial charge in [-0.15, -0.1) is 5.10 Å². The van der Waals surface area contributed by atoms with Crippen molar-refractivity contribution in [3.8, 4) is 11.4 Å². The number of ether oxygens (including phenoxy) is 1. The van der Waals surface area contributed by atoms with Crippen molar-refractivity contribution in [2.24, 2.45) is 0 Å². The van der Waals surface area contributed by atoms with Crippen molar-refractivity contribution in [1.82, 2.24) is 14.5 Å². The third-order valence-electron chi connectivity index (χ3n) is 2.49. The summed E-state index contributed by atoms with van der Waals surface area (Å²) in [4.78, 5) is 23.2. The molecule has 0 saturated carbocycles. The summed E-state index contributed by atoms with van der Waals surface area (Å²) in [5.41, 5.74) is 0.136. The molecule has 0 bridgehead atoms. The molecule has 1 aromatic heterocycles. The lowest BCUT2D eigenvalue weighted by atomic mass is 10.2. The summed E-state index contributed by atoms with van der Waals surface area (Å²) in [5, 5.41) is 4.04. The van der Waals surface area contributed by atoms with Crippen molar-refractivity contribution >= 4 is 5.97 Å². The first-order valence-electron chi connectivity index (χ1n) is 5.79. The van der Waals surface area contributed by atoms with E-state index in [1.165, 1.54) is 0 Å². The zero-order chi connectivity index (χ0) is 13.8. The molecule has 0 atom stereocenters. The molecule has 0 fully saturated rings. The molecule has 1 heterocycles. The van der Waals surface area contributed by atoms with Crippen LogP contribution in [0.15, 0.2) is 35.1 Å². The summed E-state index contributed by atoms with van der Waals surface area (Å²) in [6, 6.07) is 9.02. The van der Waals surface area contributed by atoms with Gasteiger partial charge in [0.1, 0.15) is 6.54 Å². The molecule has 7 nitrogen and oxygen atoms in total. The Morgan fingerprint density at radius 3 is 2.68 bits per heavy atom. The summed E-state index contributed by atoms with van der Waals surface area (Å²) in [6.45, 7) is 1.69. The minimum Gasteiger partial charge on any atom is -0.465 e. The van der Waals surface area contributed by atoms with Crippen LogP contribution in [0.3, 0.4) is 0 Å². The molecule has 0 spiro atoms. The minimum atomic E-state index is -0.563. The highest BCUT2D eigenvalue weighted by Gasteiger charge is 2.15. The zero-order valence-corrected chi connectivity index (χ0v) is 10.4. The summed E-state index contributed by atoms with van der Waals surface area (Å²) >= 11 is 0. The van der Waals surface area contributed by atoms with E-state index in [1.807, 2.05) is 18.2 Å². The van der Waals surface area contributed by atoms with Crippen LogP contribution >= 0.6 is 0 Å². The van der Waals surface area contributed by atoms with Gasteiger partial charge in [0.15, 0.2) is 5.82 Å². The Bertz CT molecular complexity index is 630. The van der Waals surface area contributed by atoms with Gasteiger partial charge in [-0.1, -0.05) is 30.3 Å². The fraction of sp³-hybridized carbons (Fsp3) is 0.250. The second-order valence-electron chi connectivity index (χ2n) is 3.80. The second kappa shape index (κ2) is 5.38. The van der Waals surface area contributed by atoms with Gasteiger partial charge < -0.3 is 10.6 Å². The van der Waals surface area contributed by atoms with Crippen LogP contribution in [0, 0.1) is 0 Å². The standard InChI is InChI=1S/C12H14N4O3/c1-2-19-10(17)8-15-12(18)16(13)11(14-15)9-6-4-3-5-7-9/h3-7H,2,8,13H2,1H3. The molecule has 0 aliphatic carbocycles. The SMILES string of the molecule is CCOC(=O)Cn1nc(-c2ccccc2)n(N)c1=O. The Kier molecular flexibility index (Phi) is 3.65. The predicted molar refractivity (Wildman–Crippen MR) is 68.7 cm³/mol. The first kappa shape index (κ1) is 12.9. The number of hydrogen-bond acceptors (Lipinski definition) is 5. The number of hydrogen-bond donors (Lipinski definition) is 1. The van der Waals surface area contributed by atoms with Gasteiger partial charge in [-0.3, -0.25) is 4.79 Å². The van der Waals surface area contributed by atoms with Crippen LogP contribution in [0.2, 0.25) is 0 Å². The molecule has 7 heteroatoms. The van der Waals surface area contributed by atoms with E-state index >= 15 is 0 Å². The van der Waals surface area contributed by atoms with Gasteiger partial charge in [0, 0.05) is 5.56 Å². The molecule has 2 rings (SSSR count). The zero-order valence-electron chi connectivity index (χ0n) is 10.4. The van der Waals surface area contributed by atoms with Gasteiger partial charge in [-0.2, -0.15) is 9.36 Å². The molecule has 0 amide bonds. The number of aromatic nitrogens is 3.